The lowest BCUT2D eigenvalue weighted by Gasteiger charge is -2.15. The number of rotatable bonds is 7. The molecule has 1 amide bonds. The predicted octanol–water partition coefficient (Wildman–Crippen LogP) is 3.14. The molecule has 0 radical (unpaired) electrons. The van der Waals surface area contributed by atoms with Gasteiger partial charge in [-0.3, -0.25) is 4.79 Å². The Morgan fingerprint density at radius 2 is 1.85 bits per heavy atom. The Labute approximate surface area is 152 Å². The molecule has 0 saturated heterocycles. The number of ether oxygens (including phenoxy) is 1. The van der Waals surface area contributed by atoms with Gasteiger partial charge in [0.15, 0.2) is 6.61 Å². The van der Waals surface area contributed by atoms with Gasteiger partial charge in [-0.05, 0) is 36.1 Å². The van der Waals surface area contributed by atoms with E-state index in [1.165, 1.54) is 5.56 Å². The second-order valence-corrected chi connectivity index (χ2v) is 6.45. The molecular weight excluding hydrogens is 330 g/mol. The van der Waals surface area contributed by atoms with Gasteiger partial charge in [-0.25, -0.2) is 4.79 Å². The fraction of sp³-hybridized carbons (Fsp3) is 0.238. The van der Waals surface area contributed by atoms with Gasteiger partial charge in [0.25, 0.3) is 0 Å². The van der Waals surface area contributed by atoms with E-state index in [2.05, 4.69) is 12.1 Å². The van der Waals surface area contributed by atoms with Crippen LogP contribution in [0.15, 0.2) is 54.1 Å². The number of allylic oxidation sites excluding steroid dienone is 1. The standard InChI is InChI=1S/C21H21NO4/c1-13-16(10-14-6-3-2-4-7-14)15-8-5-9-18(26-12-20(24)25)21(15)17(13)11-19(22)23/h2-9,16H,10-12H2,1H3,(H2,22,23)(H,24,25). The Kier molecular flexibility index (Phi) is 5.07. The Balaban J connectivity index is 2.04. The maximum atomic E-state index is 11.6. The number of fused-ring (bicyclic) bond motifs is 1. The van der Waals surface area contributed by atoms with Crippen molar-refractivity contribution < 1.29 is 19.4 Å². The predicted molar refractivity (Wildman–Crippen MR) is 98.9 cm³/mol. The first kappa shape index (κ1) is 17.7. The van der Waals surface area contributed by atoms with E-state index in [1.54, 1.807) is 6.07 Å². The summed E-state index contributed by atoms with van der Waals surface area (Å²) < 4.78 is 5.48. The zero-order valence-corrected chi connectivity index (χ0v) is 14.6. The van der Waals surface area contributed by atoms with E-state index in [0.717, 1.165) is 28.7 Å². The lowest BCUT2D eigenvalue weighted by Crippen LogP contribution is -2.13. The average molecular weight is 351 g/mol. The Morgan fingerprint density at radius 3 is 2.50 bits per heavy atom. The van der Waals surface area contributed by atoms with E-state index in [1.807, 2.05) is 37.3 Å². The molecule has 0 bridgehead atoms. The lowest BCUT2D eigenvalue weighted by molar-refractivity contribution is -0.139. The van der Waals surface area contributed by atoms with Gasteiger partial charge in [0.1, 0.15) is 5.75 Å². The van der Waals surface area contributed by atoms with Gasteiger partial charge in [-0.2, -0.15) is 0 Å². The molecule has 0 heterocycles. The van der Waals surface area contributed by atoms with Gasteiger partial charge in [0.2, 0.25) is 5.91 Å². The second-order valence-electron chi connectivity index (χ2n) is 6.45. The van der Waals surface area contributed by atoms with Crippen LogP contribution in [0.5, 0.6) is 5.75 Å². The molecule has 3 N–H and O–H groups in total. The fourth-order valence-electron chi connectivity index (χ4n) is 3.58. The molecule has 134 valence electrons. The van der Waals surface area contributed by atoms with Crippen LogP contribution in [0.3, 0.4) is 0 Å². The molecule has 0 fully saturated rings. The summed E-state index contributed by atoms with van der Waals surface area (Å²) in [6, 6.07) is 15.7. The number of primary amides is 1. The number of carboxylic acid groups (broad SMARTS) is 1. The van der Waals surface area contributed by atoms with E-state index in [9.17, 15) is 9.59 Å². The molecule has 0 aromatic heterocycles. The number of hydrogen-bond acceptors (Lipinski definition) is 3. The van der Waals surface area contributed by atoms with Gasteiger partial charge in [0.05, 0.1) is 6.42 Å². The van der Waals surface area contributed by atoms with Crippen molar-refractivity contribution in [1.29, 1.82) is 0 Å². The molecule has 1 aliphatic rings. The maximum absolute atomic E-state index is 11.6. The van der Waals surface area contributed by atoms with Gasteiger partial charge >= 0.3 is 5.97 Å². The molecule has 1 aliphatic carbocycles. The molecule has 0 aliphatic heterocycles. The number of hydrogen-bond donors (Lipinski definition) is 2. The molecule has 0 saturated carbocycles. The minimum Gasteiger partial charge on any atom is -0.481 e. The van der Waals surface area contributed by atoms with Crippen LogP contribution in [0.1, 0.15) is 36.0 Å². The molecule has 1 unspecified atom stereocenters. The highest BCUT2D eigenvalue weighted by atomic mass is 16.5. The highest BCUT2D eigenvalue weighted by Crippen LogP contribution is 2.48. The average Bonchev–Trinajstić information content (AvgIpc) is 2.86. The van der Waals surface area contributed by atoms with E-state index in [4.69, 9.17) is 15.6 Å². The van der Waals surface area contributed by atoms with E-state index in [0.29, 0.717) is 5.75 Å². The Hall–Kier alpha value is -3.08. The summed E-state index contributed by atoms with van der Waals surface area (Å²) in [6.45, 7) is 1.58. The van der Waals surface area contributed by atoms with Crippen molar-refractivity contribution in [3.8, 4) is 5.75 Å². The van der Waals surface area contributed by atoms with Gasteiger partial charge in [0, 0.05) is 11.5 Å². The summed E-state index contributed by atoms with van der Waals surface area (Å²) in [5.41, 5.74) is 10.4. The normalized spacial score (nSPS) is 15.7. The highest BCUT2D eigenvalue weighted by Gasteiger charge is 2.32. The summed E-state index contributed by atoms with van der Waals surface area (Å²) in [5, 5.41) is 8.92. The first-order valence-corrected chi connectivity index (χ1v) is 8.47. The quantitative estimate of drug-likeness (QED) is 0.802. The van der Waals surface area contributed by atoms with Crippen molar-refractivity contribution >= 4 is 17.4 Å². The number of carbonyl (C=O) groups is 2. The number of nitrogens with two attached hydrogens (primary N) is 1. The first-order valence-electron chi connectivity index (χ1n) is 8.47. The van der Waals surface area contributed by atoms with Gasteiger partial charge in [-0.15, -0.1) is 0 Å². The van der Waals surface area contributed by atoms with E-state index in [-0.39, 0.29) is 12.3 Å². The largest absolute Gasteiger partial charge is 0.481 e. The van der Waals surface area contributed by atoms with Crippen LogP contribution < -0.4 is 10.5 Å². The minimum absolute atomic E-state index is 0.107. The van der Waals surface area contributed by atoms with Crippen molar-refractivity contribution in [2.45, 2.75) is 25.7 Å². The van der Waals surface area contributed by atoms with E-state index < -0.39 is 18.5 Å². The van der Waals surface area contributed by atoms with Crippen molar-refractivity contribution in [2.24, 2.45) is 5.73 Å². The second kappa shape index (κ2) is 7.44. The maximum Gasteiger partial charge on any atom is 0.341 e. The fourth-order valence-corrected chi connectivity index (χ4v) is 3.58. The summed E-state index contributed by atoms with van der Waals surface area (Å²) in [6.07, 6.45) is 0.905. The number of carbonyl (C=O) groups excluding carboxylic acids is 1. The van der Waals surface area contributed by atoms with E-state index >= 15 is 0 Å². The smallest absolute Gasteiger partial charge is 0.341 e. The third-order valence-electron chi connectivity index (χ3n) is 4.72. The van der Waals surface area contributed by atoms with Crippen molar-refractivity contribution in [2.75, 3.05) is 6.61 Å². The molecule has 0 spiro atoms. The van der Waals surface area contributed by atoms with Gasteiger partial charge < -0.3 is 15.6 Å². The van der Waals surface area contributed by atoms with Crippen molar-refractivity contribution in [1.82, 2.24) is 0 Å². The molecular formula is C21H21NO4. The molecule has 2 aromatic carbocycles. The first-order chi connectivity index (χ1) is 12.5. The Bertz CT molecular complexity index is 871. The summed E-state index contributed by atoms with van der Waals surface area (Å²) in [7, 11) is 0. The topological polar surface area (TPSA) is 89.6 Å². The minimum atomic E-state index is -1.04. The van der Waals surface area contributed by atoms with Crippen molar-refractivity contribution in [3.63, 3.8) is 0 Å². The van der Waals surface area contributed by atoms with Crippen LogP contribution in [-0.4, -0.2) is 23.6 Å². The lowest BCUT2D eigenvalue weighted by atomic mass is 9.90. The van der Waals surface area contributed by atoms with Crippen LogP contribution in [0.4, 0.5) is 0 Å². The van der Waals surface area contributed by atoms with Crippen LogP contribution in [0.25, 0.3) is 5.57 Å². The summed E-state index contributed by atoms with van der Waals surface area (Å²) in [4.78, 5) is 22.5. The highest BCUT2D eigenvalue weighted by molar-refractivity contribution is 5.93. The van der Waals surface area contributed by atoms with Crippen LogP contribution in [0, 0.1) is 0 Å². The number of amides is 1. The number of benzene rings is 2. The van der Waals surface area contributed by atoms with Crippen LogP contribution in [-0.2, 0) is 16.0 Å². The van der Waals surface area contributed by atoms with Crippen molar-refractivity contribution in [3.05, 3.63) is 70.8 Å². The molecule has 5 nitrogen and oxygen atoms in total. The van der Waals surface area contributed by atoms with Crippen LogP contribution >= 0.6 is 0 Å². The SMILES string of the molecule is CC1=C(CC(N)=O)c2c(OCC(=O)O)cccc2C1Cc1ccccc1. The molecule has 26 heavy (non-hydrogen) atoms. The molecule has 5 heteroatoms. The Morgan fingerprint density at radius 1 is 1.12 bits per heavy atom. The number of aliphatic carboxylic acids is 1. The molecule has 1 atom stereocenters. The zero-order chi connectivity index (χ0) is 18.7. The third kappa shape index (κ3) is 3.61. The van der Waals surface area contributed by atoms with Crippen LogP contribution in [0.2, 0.25) is 0 Å². The number of carboxylic acids is 1. The third-order valence-corrected chi connectivity index (χ3v) is 4.72. The summed E-state index contributed by atoms with van der Waals surface area (Å²) in [5.74, 6) is -0.872. The molecule has 3 rings (SSSR count). The molecule has 2 aromatic rings. The zero-order valence-electron chi connectivity index (χ0n) is 14.6. The van der Waals surface area contributed by atoms with Gasteiger partial charge in [-0.1, -0.05) is 48.0 Å². The monoisotopic (exact) mass is 351 g/mol. The summed E-state index contributed by atoms with van der Waals surface area (Å²) >= 11 is 0.